The highest BCUT2D eigenvalue weighted by molar-refractivity contribution is 9.10. The number of amides is 1. The average molecular weight is 334 g/mol. The zero-order valence-corrected chi connectivity index (χ0v) is 12.7. The summed E-state index contributed by atoms with van der Waals surface area (Å²) in [6.45, 7) is 1.96. The van der Waals surface area contributed by atoms with Crippen LogP contribution in [0.3, 0.4) is 0 Å². The Kier molecular flexibility index (Phi) is 4.79. The van der Waals surface area contributed by atoms with E-state index >= 15 is 0 Å². The number of aromatic hydroxyl groups is 1. The van der Waals surface area contributed by atoms with E-state index in [1.165, 1.54) is 0 Å². The summed E-state index contributed by atoms with van der Waals surface area (Å²) in [6, 6.07) is 14.4. The van der Waals surface area contributed by atoms with Crippen molar-refractivity contribution in [3.8, 4) is 5.75 Å². The van der Waals surface area contributed by atoms with E-state index in [-0.39, 0.29) is 17.7 Å². The second kappa shape index (κ2) is 6.57. The van der Waals surface area contributed by atoms with Gasteiger partial charge in [0.25, 0.3) is 5.91 Å². The van der Waals surface area contributed by atoms with Crippen molar-refractivity contribution in [2.75, 3.05) is 0 Å². The van der Waals surface area contributed by atoms with Gasteiger partial charge in [0.1, 0.15) is 5.75 Å². The van der Waals surface area contributed by atoms with Crippen molar-refractivity contribution in [3.05, 3.63) is 64.1 Å². The van der Waals surface area contributed by atoms with E-state index < -0.39 is 0 Å². The summed E-state index contributed by atoms with van der Waals surface area (Å²) in [5.74, 6) is 0.155. The highest BCUT2D eigenvalue weighted by Crippen LogP contribution is 2.16. The Morgan fingerprint density at radius 1 is 1.20 bits per heavy atom. The topological polar surface area (TPSA) is 49.3 Å². The fourth-order valence-corrected chi connectivity index (χ4v) is 2.45. The lowest BCUT2D eigenvalue weighted by Crippen LogP contribution is -2.34. The van der Waals surface area contributed by atoms with Gasteiger partial charge in [0.2, 0.25) is 0 Å². The summed E-state index contributed by atoms with van der Waals surface area (Å²) in [5, 5.41) is 12.2. The number of benzene rings is 2. The Morgan fingerprint density at radius 3 is 2.50 bits per heavy atom. The van der Waals surface area contributed by atoms with Crippen LogP contribution in [0.5, 0.6) is 5.75 Å². The number of hydrogen-bond donors (Lipinski definition) is 2. The van der Waals surface area contributed by atoms with E-state index in [2.05, 4.69) is 21.2 Å². The average Bonchev–Trinajstić information content (AvgIpc) is 2.41. The number of nitrogens with one attached hydrogen (secondary N) is 1. The number of rotatable bonds is 4. The minimum absolute atomic E-state index is 0.0131. The van der Waals surface area contributed by atoms with Crippen molar-refractivity contribution in [1.82, 2.24) is 5.32 Å². The van der Waals surface area contributed by atoms with Crippen LogP contribution in [0, 0.1) is 0 Å². The molecular formula is C16H16BrNO2. The molecule has 0 radical (unpaired) electrons. The van der Waals surface area contributed by atoms with Crippen molar-refractivity contribution in [2.24, 2.45) is 0 Å². The molecule has 20 heavy (non-hydrogen) atoms. The molecule has 0 fully saturated rings. The van der Waals surface area contributed by atoms with Gasteiger partial charge in [-0.05, 0) is 59.1 Å². The fraction of sp³-hybridized carbons (Fsp3) is 0.188. The number of carbonyl (C=O) groups is 1. The predicted octanol–water partition coefficient (Wildman–Crippen LogP) is 3.52. The van der Waals surface area contributed by atoms with Crippen molar-refractivity contribution in [3.63, 3.8) is 0 Å². The minimum Gasteiger partial charge on any atom is -0.508 e. The van der Waals surface area contributed by atoms with Gasteiger partial charge in [0.15, 0.2) is 0 Å². The van der Waals surface area contributed by atoms with E-state index in [0.29, 0.717) is 5.56 Å². The Hall–Kier alpha value is -1.81. The highest BCUT2D eigenvalue weighted by atomic mass is 79.9. The molecule has 1 unspecified atom stereocenters. The van der Waals surface area contributed by atoms with Crippen molar-refractivity contribution in [1.29, 1.82) is 0 Å². The minimum atomic E-state index is -0.0937. The third kappa shape index (κ3) is 3.84. The van der Waals surface area contributed by atoms with Crippen LogP contribution in [0.15, 0.2) is 53.0 Å². The largest absolute Gasteiger partial charge is 0.508 e. The molecule has 0 aliphatic carbocycles. The lowest BCUT2D eigenvalue weighted by atomic mass is 10.1. The van der Waals surface area contributed by atoms with E-state index in [9.17, 15) is 9.90 Å². The molecule has 4 heteroatoms. The van der Waals surface area contributed by atoms with E-state index in [4.69, 9.17) is 0 Å². The summed E-state index contributed by atoms with van der Waals surface area (Å²) in [4.78, 5) is 12.1. The molecule has 0 spiro atoms. The number of halogens is 1. The summed E-state index contributed by atoms with van der Waals surface area (Å²) in [6.07, 6.45) is 0.719. The zero-order chi connectivity index (χ0) is 14.5. The maximum absolute atomic E-state index is 12.1. The zero-order valence-electron chi connectivity index (χ0n) is 11.1. The third-order valence-corrected chi connectivity index (χ3v) is 3.67. The van der Waals surface area contributed by atoms with Crippen LogP contribution in [0.25, 0.3) is 0 Å². The maximum atomic E-state index is 12.1. The molecule has 0 aliphatic heterocycles. The third-order valence-electron chi connectivity index (χ3n) is 2.97. The molecule has 2 aromatic carbocycles. The number of phenols is 1. The van der Waals surface area contributed by atoms with Crippen LogP contribution in [0.1, 0.15) is 22.8 Å². The Balaban J connectivity index is 1.98. The van der Waals surface area contributed by atoms with Gasteiger partial charge in [-0.2, -0.15) is 0 Å². The molecule has 104 valence electrons. The first-order chi connectivity index (χ1) is 9.56. The first-order valence-corrected chi connectivity index (χ1v) is 7.19. The Morgan fingerprint density at radius 2 is 1.85 bits per heavy atom. The summed E-state index contributed by atoms with van der Waals surface area (Å²) < 4.78 is 0.786. The van der Waals surface area contributed by atoms with Gasteiger partial charge in [-0.1, -0.05) is 24.3 Å². The molecule has 0 saturated heterocycles. The molecule has 0 saturated carbocycles. The standard InChI is InChI=1S/C16H16BrNO2/c1-11(10-12-6-8-13(19)9-7-12)18-16(20)14-4-2-3-5-15(14)17/h2-9,11,19H,10H2,1H3,(H,18,20). The van der Waals surface area contributed by atoms with Crippen LogP contribution in [-0.2, 0) is 6.42 Å². The van der Waals surface area contributed by atoms with Crippen molar-refractivity contribution >= 4 is 21.8 Å². The van der Waals surface area contributed by atoms with Crippen LogP contribution >= 0.6 is 15.9 Å². The quantitative estimate of drug-likeness (QED) is 0.899. The lowest BCUT2D eigenvalue weighted by Gasteiger charge is -2.14. The van der Waals surface area contributed by atoms with Gasteiger partial charge in [-0.25, -0.2) is 0 Å². The van der Waals surface area contributed by atoms with Crippen molar-refractivity contribution in [2.45, 2.75) is 19.4 Å². The molecule has 0 heterocycles. The monoisotopic (exact) mass is 333 g/mol. The van der Waals surface area contributed by atoms with E-state index in [1.54, 1.807) is 18.2 Å². The van der Waals surface area contributed by atoms with Gasteiger partial charge < -0.3 is 10.4 Å². The second-order valence-corrected chi connectivity index (χ2v) is 5.58. The Bertz CT molecular complexity index is 596. The molecular weight excluding hydrogens is 318 g/mol. The first kappa shape index (κ1) is 14.6. The normalized spacial score (nSPS) is 11.9. The fourth-order valence-electron chi connectivity index (χ4n) is 1.98. The van der Waals surface area contributed by atoms with Crippen LogP contribution < -0.4 is 5.32 Å². The maximum Gasteiger partial charge on any atom is 0.252 e. The SMILES string of the molecule is CC(Cc1ccc(O)cc1)NC(=O)c1ccccc1Br. The highest BCUT2D eigenvalue weighted by Gasteiger charge is 2.12. The summed E-state index contributed by atoms with van der Waals surface area (Å²) in [7, 11) is 0. The summed E-state index contributed by atoms with van der Waals surface area (Å²) in [5.41, 5.74) is 1.70. The van der Waals surface area contributed by atoms with Crippen LogP contribution in [0.4, 0.5) is 0 Å². The van der Waals surface area contributed by atoms with Crippen LogP contribution in [0.2, 0.25) is 0 Å². The molecule has 1 amide bonds. The number of hydrogen-bond acceptors (Lipinski definition) is 2. The Labute approximate surface area is 126 Å². The van der Waals surface area contributed by atoms with Gasteiger partial charge >= 0.3 is 0 Å². The molecule has 0 aliphatic rings. The number of phenolic OH excluding ortho intramolecular Hbond substituents is 1. The van der Waals surface area contributed by atoms with Gasteiger partial charge in [-0.15, -0.1) is 0 Å². The molecule has 0 bridgehead atoms. The van der Waals surface area contributed by atoms with Crippen LogP contribution in [-0.4, -0.2) is 17.1 Å². The molecule has 3 nitrogen and oxygen atoms in total. The second-order valence-electron chi connectivity index (χ2n) is 4.72. The molecule has 1 atom stereocenters. The lowest BCUT2D eigenvalue weighted by molar-refractivity contribution is 0.0939. The van der Waals surface area contributed by atoms with Gasteiger partial charge in [0, 0.05) is 10.5 Å². The van der Waals surface area contributed by atoms with E-state index in [0.717, 1.165) is 16.5 Å². The van der Waals surface area contributed by atoms with E-state index in [1.807, 2.05) is 37.3 Å². The first-order valence-electron chi connectivity index (χ1n) is 6.39. The molecule has 2 rings (SSSR count). The summed E-state index contributed by atoms with van der Waals surface area (Å²) >= 11 is 3.37. The number of carbonyl (C=O) groups excluding carboxylic acids is 1. The smallest absolute Gasteiger partial charge is 0.252 e. The van der Waals surface area contributed by atoms with Gasteiger partial charge in [0.05, 0.1) is 5.56 Å². The molecule has 0 aromatic heterocycles. The molecule has 2 N–H and O–H groups in total. The van der Waals surface area contributed by atoms with Gasteiger partial charge in [-0.3, -0.25) is 4.79 Å². The van der Waals surface area contributed by atoms with Crippen molar-refractivity contribution < 1.29 is 9.90 Å². The predicted molar refractivity (Wildman–Crippen MR) is 82.9 cm³/mol. The molecule has 2 aromatic rings.